The molecule has 1 saturated carbocycles. The van der Waals surface area contributed by atoms with Crippen LogP contribution in [-0.2, 0) is 28.2 Å². The highest BCUT2D eigenvalue weighted by Crippen LogP contribution is 2.55. The summed E-state index contributed by atoms with van der Waals surface area (Å²) in [6.45, 7) is 2.57. The maximum Gasteiger partial charge on any atom is 0.407 e. The number of likely N-dealkylation sites (tertiary alicyclic amines) is 1. The topological polar surface area (TPSA) is 113 Å². The number of hydrogen-bond donors (Lipinski definition) is 2. The number of aliphatic carboxylic acids is 1. The molecule has 1 aromatic heterocycles. The first-order valence-corrected chi connectivity index (χ1v) is 12.2. The molecular weight excluding hydrogens is 505 g/mol. The number of amides is 1. The fourth-order valence-electron chi connectivity index (χ4n) is 5.72. The van der Waals surface area contributed by atoms with Crippen molar-refractivity contribution < 1.29 is 28.9 Å². The molecular formula is C21H21BrFN3O5S. The summed E-state index contributed by atoms with van der Waals surface area (Å²) >= 11 is 4.65. The number of carboxylic acids is 1. The Bertz CT molecular complexity index is 1150. The monoisotopic (exact) mass is 525 g/mol. The summed E-state index contributed by atoms with van der Waals surface area (Å²) in [5.41, 5.74) is 0.329. The van der Waals surface area contributed by atoms with Crippen LogP contribution in [0.1, 0.15) is 36.6 Å². The number of halogens is 2. The highest BCUT2D eigenvalue weighted by molar-refractivity contribution is 9.10. The van der Waals surface area contributed by atoms with Crippen LogP contribution in [0.2, 0.25) is 0 Å². The molecule has 2 atom stereocenters. The molecule has 3 heterocycles. The fraction of sp³-hybridized carbons (Fsp3) is 0.524. The van der Waals surface area contributed by atoms with E-state index in [2.05, 4.69) is 20.9 Å². The lowest BCUT2D eigenvalue weighted by atomic mass is 9.65. The maximum absolute atomic E-state index is 15.5. The van der Waals surface area contributed by atoms with Crippen LogP contribution in [0.4, 0.5) is 9.18 Å². The SMILES string of the molecule is CCSc1nc(C2(C(=O)O)C3CCC2CN(C(=O)O)C3)c2c3c(c(Br)c(F)c2n1)COC3. The molecule has 32 heavy (non-hydrogen) atoms. The number of fused-ring (bicyclic) bond motifs is 5. The predicted octanol–water partition coefficient (Wildman–Crippen LogP) is 4.02. The van der Waals surface area contributed by atoms with Crippen molar-refractivity contribution in [2.45, 2.75) is 43.6 Å². The molecule has 2 bridgehead atoms. The quantitative estimate of drug-likeness (QED) is 0.454. The van der Waals surface area contributed by atoms with Gasteiger partial charge in [0.2, 0.25) is 0 Å². The van der Waals surface area contributed by atoms with E-state index in [0.717, 1.165) is 0 Å². The summed E-state index contributed by atoms with van der Waals surface area (Å²) in [5.74, 6) is -1.88. The molecule has 3 aliphatic rings. The molecule has 0 radical (unpaired) electrons. The molecule has 8 nitrogen and oxygen atoms in total. The van der Waals surface area contributed by atoms with E-state index in [1.54, 1.807) is 0 Å². The van der Waals surface area contributed by atoms with Crippen molar-refractivity contribution in [2.24, 2.45) is 11.8 Å². The van der Waals surface area contributed by atoms with Crippen molar-refractivity contribution in [1.82, 2.24) is 14.9 Å². The number of benzene rings is 1. The number of hydrogen-bond acceptors (Lipinski definition) is 6. The van der Waals surface area contributed by atoms with Crippen LogP contribution in [0.3, 0.4) is 0 Å². The third kappa shape index (κ3) is 2.90. The zero-order valence-corrected chi connectivity index (χ0v) is 19.6. The fourth-order valence-corrected chi connectivity index (χ4v) is 6.84. The normalized spacial score (nSPS) is 26.5. The molecule has 2 unspecified atom stereocenters. The van der Waals surface area contributed by atoms with Crippen molar-refractivity contribution in [3.05, 3.63) is 27.1 Å². The van der Waals surface area contributed by atoms with Crippen molar-refractivity contribution in [3.63, 3.8) is 0 Å². The second-order valence-electron chi connectivity index (χ2n) is 8.42. The van der Waals surface area contributed by atoms with Gasteiger partial charge in [-0.25, -0.2) is 19.2 Å². The first kappa shape index (κ1) is 21.8. The molecule has 0 spiro atoms. The highest BCUT2D eigenvalue weighted by atomic mass is 79.9. The minimum Gasteiger partial charge on any atom is -0.481 e. The van der Waals surface area contributed by atoms with Gasteiger partial charge in [-0.05, 0) is 51.9 Å². The van der Waals surface area contributed by atoms with Gasteiger partial charge in [0.25, 0.3) is 0 Å². The van der Waals surface area contributed by atoms with E-state index in [-0.39, 0.29) is 36.3 Å². The Kier molecular flexibility index (Phi) is 5.33. The number of carbonyl (C=O) groups is 2. The van der Waals surface area contributed by atoms with Gasteiger partial charge in [-0.1, -0.05) is 18.7 Å². The minimum atomic E-state index is -1.41. The molecule has 11 heteroatoms. The predicted molar refractivity (Wildman–Crippen MR) is 117 cm³/mol. The van der Waals surface area contributed by atoms with Crippen LogP contribution in [0.25, 0.3) is 10.9 Å². The van der Waals surface area contributed by atoms with E-state index >= 15 is 4.39 Å². The first-order chi connectivity index (χ1) is 15.3. The summed E-state index contributed by atoms with van der Waals surface area (Å²) in [4.78, 5) is 35.1. The minimum absolute atomic E-state index is 0.0859. The zero-order chi connectivity index (χ0) is 22.8. The van der Waals surface area contributed by atoms with Crippen LogP contribution in [0.5, 0.6) is 0 Å². The lowest BCUT2D eigenvalue weighted by Gasteiger charge is -2.44. The number of piperidine rings is 1. The summed E-state index contributed by atoms with van der Waals surface area (Å²) in [7, 11) is 0. The Morgan fingerprint density at radius 1 is 1.22 bits per heavy atom. The average Bonchev–Trinajstić information content (AvgIpc) is 3.31. The van der Waals surface area contributed by atoms with Gasteiger partial charge < -0.3 is 19.8 Å². The molecule has 1 aromatic carbocycles. The van der Waals surface area contributed by atoms with Gasteiger partial charge in [-0.2, -0.15) is 0 Å². The third-order valence-corrected chi connectivity index (χ3v) is 8.59. The maximum atomic E-state index is 15.5. The number of aromatic nitrogens is 2. The second kappa shape index (κ2) is 7.81. The summed E-state index contributed by atoms with van der Waals surface area (Å²) in [5, 5.41) is 20.9. The molecule has 170 valence electrons. The van der Waals surface area contributed by atoms with E-state index in [4.69, 9.17) is 9.72 Å². The van der Waals surface area contributed by atoms with Gasteiger partial charge in [-0.3, -0.25) is 4.79 Å². The van der Waals surface area contributed by atoms with E-state index in [1.807, 2.05) is 6.92 Å². The third-order valence-electron chi connectivity index (χ3n) is 7.04. The molecule has 1 aliphatic carbocycles. The molecule has 2 aliphatic heterocycles. The Hall–Kier alpha value is -1.98. The number of rotatable bonds is 4. The van der Waals surface area contributed by atoms with Crippen LogP contribution in [0, 0.1) is 17.7 Å². The van der Waals surface area contributed by atoms with E-state index in [0.29, 0.717) is 46.0 Å². The number of ether oxygens (including phenoxy) is 1. The van der Waals surface area contributed by atoms with Crippen LogP contribution in [-0.4, -0.2) is 56.0 Å². The standard InChI is InChI=1S/C21H21BrFN3O5S/c1-2-32-19-24-16-13(11-7-31-8-12(11)14(22)15(16)23)17(25-19)21(18(27)28)9-3-4-10(21)6-26(5-9)20(29)30/h9-10H,2-8H2,1H3,(H,27,28)(H,29,30). The Labute approximate surface area is 195 Å². The van der Waals surface area contributed by atoms with Gasteiger partial charge in [0, 0.05) is 24.0 Å². The van der Waals surface area contributed by atoms with Crippen LogP contribution < -0.4 is 0 Å². The molecule has 2 fully saturated rings. The molecule has 1 amide bonds. The Balaban J connectivity index is 1.85. The lowest BCUT2D eigenvalue weighted by molar-refractivity contribution is -0.150. The lowest BCUT2D eigenvalue weighted by Crippen LogP contribution is -2.57. The van der Waals surface area contributed by atoms with Gasteiger partial charge in [0.1, 0.15) is 10.9 Å². The smallest absolute Gasteiger partial charge is 0.407 e. The van der Waals surface area contributed by atoms with Gasteiger partial charge in [0.05, 0.1) is 23.4 Å². The van der Waals surface area contributed by atoms with Crippen molar-refractivity contribution in [1.29, 1.82) is 0 Å². The second-order valence-corrected chi connectivity index (χ2v) is 10.4. The molecule has 1 saturated heterocycles. The van der Waals surface area contributed by atoms with Crippen molar-refractivity contribution >= 4 is 50.7 Å². The molecule has 2 N–H and O–H groups in total. The highest BCUT2D eigenvalue weighted by Gasteiger charge is 2.62. The van der Waals surface area contributed by atoms with E-state index < -0.39 is 35.1 Å². The average molecular weight is 526 g/mol. The molecule has 5 rings (SSSR count). The van der Waals surface area contributed by atoms with E-state index in [1.165, 1.54) is 16.7 Å². The van der Waals surface area contributed by atoms with Crippen molar-refractivity contribution in [2.75, 3.05) is 18.8 Å². The van der Waals surface area contributed by atoms with Gasteiger partial charge in [0.15, 0.2) is 11.0 Å². The largest absolute Gasteiger partial charge is 0.481 e. The summed E-state index contributed by atoms with van der Waals surface area (Å²) < 4.78 is 21.4. The van der Waals surface area contributed by atoms with Crippen LogP contribution >= 0.6 is 27.7 Å². The van der Waals surface area contributed by atoms with Gasteiger partial charge in [-0.15, -0.1) is 0 Å². The summed E-state index contributed by atoms with van der Waals surface area (Å²) in [6.07, 6.45) is 0.0837. The number of nitrogens with zero attached hydrogens (tertiary/aromatic N) is 3. The number of carboxylic acid groups (broad SMARTS) is 2. The zero-order valence-electron chi connectivity index (χ0n) is 17.2. The summed E-state index contributed by atoms with van der Waals surface area (Å²) in [6, 6.07) is 0. The Morgan fingerprint density at radius 2 is 1.88 bits per heavy atom. The Morgan fingerprint density at radius 3 is 2.47 bits per heavy atom. The van der Waals surface area contributed by atoms with Crippen molar-refractivity contribution in [3.8, 4) is 0 Å². The number of thioether (sulfide) groups is 1. The first-order valence-electron chi connectivity index (χ1n) is 10.4. The van der Waals surface area contributed by atoms with E-state index in [9.17, 15) is 19.8 Å². The molecule has 2 aromatic rings. The van der Waals surface area contributed by atoms with Crippen LogP contribution in [0.15, 0.2) is 9.63 Å². The van der Waals surface area contributed by atoms with Gasteiger partial charge >= 0.3 is 12.1 Å².